The van der Waals surface area contributed by atoms with Gasteiger partial charge in [0, 0.05) is 18.9 Å². The minimum absolute atomic E-state index is 0.0225. The van der Waals surface area contributed by atoms with E-state index in [1.165, 1.54) is 0 Å². The van der Waals surface area contributed by atoms with E-state index in [1.807, 2.05) is 12.1 Å². The van der Waals surface area contributed by atoms with E-state index in [0.29, 0.717) is 17.7 Å². The van der Waals surface area contributed by atoms with Crippen LogP contribution in [0.5, 0.6) is 0 Å². The third kappa shape index (κ3) is 2.59. The molecule has 3 heterocycles. The molecule has 6 heteroatoms. The molecule has 0 aliphatic carbocycles. The predicted molar refractivity (Wildman–Crippen MR) is 89.7 cm³/mol. The quantitative estimate of drug-likeness (QED) is 0.805. The van der Waals surface area contributed by atoms with Crippen LogP contribution in [0, 0.1) is 0 Å². The van der Waals surface area contributed by atoms with Crippen molar-refractivity contribution in [3.05, 3.63) is 65.5 Å². The molecule has 6 nitrogen and oxygen atoms in total. The Kier molecular flexibility index (Phi) is 3.80. The first-order chi connectivity index (χ1) is 12.2. The summed E-state index contributed by atoms with van der Waals surface area (Å²) in [5.74, 6) is -0.990. The zero-order valence-electron chi connectivity index (χ0n) is 13.6. The van der Waals surface area contributed by atoms with Crippen molar-refractivity contribution in [2.75, 3.05) is 13.1 Å². The smallest absolute Gasteiger partial charge is 0.262 e. The van der Waals surface area contributed by atoms with Crippen LogP contribution in [0.25, 0.3) is 0 Å². The second kappa shape index (κ2) is 6.12. The van der Waals surface area contributed by atoms with Gasteiger partial charge in [0.05, 0.1) is 17.2 Å². The first kappa shape index (κ1) is 15.5. The van der Waals surface area contributed by atoms with Gasteiger partial charge in [-0.1, -0.05) is 12.1 Å². The van der Waals surface area contributed by atoms with Gasteiger partial charge in [-0.3, -0.25) is 24.3 Å². The van der Waals surface area contributed by atoms with Crippen molar-refractivity contribution in [1.82, 2.24) is 14.8 Å². The minimum atomic E-state index is -0.395. The Bertz CT molecular complexity index is 815. The number of fused-ring (bicyclic) bond motifs is 1. The maximum atomic E-state index is 12.8. The molecular formula is C19H17N3O3. The Morgan fingerprint density at radius 2 is 1.68 bits per heavy atom. The van der Waals surface area contributed by atoms with Gasteiger partial charge in [-0.25, -0.2) is 0 Å². The van der Waals surface area contributed by atoms with E-state index in [-0.39, 0.29) is 18.5 Å². The first-order valence-corrected chi connectivity index (χ1v) is 8.31. The van der Waals surface area contributed by atoms with Crippen molar-refractivity contribution in [3.8, 4) is 0 Å². The molecule has 0 radical (unpaired) electrons. The molecule has 3 amide bonds. The molecule has 2 aromatic rings. The molecule has 2 aliphatic rings. The fourth-order valence-corrected chi connectivity index (χ4v) is 3.61. The summed E-state index contributed by atoms with van der Waals surface area (Å²) in [6.07, 6.45) is 5.19. The molecular weight excluding hydrogens is 318 g/mol. The maximum Gasteiger partial charge on any atom is 0.262 e. The lowest BCUT2D eigenvalue weighted by Gasteiger charge is -2.26. The molecule has 25 heavy (non-hydrogen) atoms. The molecule has 1 aromatic carbocycles. The summed E-state index contributed by atoms with van der Waals surface area (Å²) in [6.45, 7) is 0.420. The van der Waals surface area contributed by atoms with Crippen LogP contribution in [0.15, 0.2) is 48.8 Å². The summed E-state index contributed by atoms with van der Waals surface area (Å²) in [5.41, 5.74) is 1.77. The van der Waals surface area contributed by atoms with Crippen LogP contribution in [0.4, 0.5) is 0 Å². The number of aromatic nitrogens is 1. The van der Waals surface area contributed by atoms with Crippen molar-refractivity contribution < 1.29 is 14.4 Å². The Hall–Kier alpha value is -3.02. The molecule has 4 rings (SSSR count). The monoisotopic (exact) mass is 335 g/mol. The third-order valence-corrected chi connectivity index (χ3v) is 4.84. The Balaban J connectivity index is 1.53. The van der Waals surface area contributed by atoms with E-state index in [0.717, 1.165) is 23.3 Å². The van der Waals surface area contributed by atoms with E-state index >= 15 is 0 Å². The highest BCUT2D eigenvalue weighted by atomic mass is 16.2. The molecule has 2 aliphatic heterocycles. The summed E-state index contributed by atoms with van der Waals surface area (Å²) in [4.78, 5) is 44.5. The number of hydrogen-bond donors (Lipinski definition) is 0. The minimum Gasteiger partial charge on any atom is -0.334 e. The second-order valence-electron chi connectivity index (χ2n) is 6.27. The van der Waals surface area contributed by atoms with Crippen LogP contribution in [-0.2, 0) is 4.79 Å². The van der Waals surface area contributed by atoms with E-state index in [2.05, 4.69) is 4.98 Å². The highest BCUT2D eigenvalue weighted by Gasteiger charge is 2.38. The average Bonchev–Trinajstić information content (AvgIpc) is 3.23. The standard InChI is InChI=1S/C19H17N3O3/c23-17(21-11-3-6-16(21)13-7-9-20-10-8-13)12-22-18(24)14-4-1-2-5-15(14)19(22)25/h1-2,4-5,7-10,16H,3,6,11-12H2. The van der Waals surface area contributed by atoms with Gasteiger partial charge in [0.25, 0.3) is 11.8 Å². The van der Waals surface area contributed by atoms with Crippen LogP contribution in [0.1, 0.15) is 45.2 Å². The van der Waals surface area contributed by atoms with Crippen molar-refractivity contribution in [3.63, 3.8) is 0 Å². The highest BCUT2D eigenvalue weighted by Crippen LogP contribution is 2.32. The van der Waals surface area contributed by atoms with Gasteiger partial charge in [-0.05, 0) is 42.7 Å². The van der Waals surface area contributed by atoms with E-state index in [1.54, 1.807) is 41.6 Å². The highest BCUT2D eigenvalue weighted by molar-refractivity contribution is 6.22. The fourth-order valence-electron chi connectivity index (χ4n) is 3.61. The maximum absolute atomic E-state index is 12.8. The van der Waals surface area contributed by atoms with E-state index in [9.17, 15) is 14.4 Å². The predicted octanol–water partition coefficient (Wildman–Crippen LogP) is 2.04. The molecule has 1 atom stereocenters. The van der Waals surface area contributed by atoms with Gasteiger partial charge in [-0.15, -0.1) is 0 Å². The lowest BCUT2D eigenvalue weighted by molar-refractivity contribution is -0.132. The summed E-state index contributed by atoms with van der Waals surface area (Å²) < 4.78 is 0. The van der Waals surface area contributed by atoms with Gasteiger partial charge < -0.3 is 4.90 Å². The Labute approximate surface area is 145 Å². The molecule has 1 unspecified atom stereocenters. The van der Waals surface area contributed by atoms with Crippen LogP contribution < -0.4 is 0 Å². The fraction of sp³-hybridized carbons (Fsp3) is 0.263. The number of amides is 3. The van der Waals surface area contributed by atoms with Gasteiger partial charge in [0.15, 0.2) is 0 Å². The van der Waals surface area contributed by atoms with Crippen LogP contribution in [0.3, 0.4) is 0 Å². The summed E-state index contributed by atoms with van der Waals surface area (Å²) in [7, 11) is 0. The Morgan fingerprint density at radius 1 is 1.04 bits per heavy atom. The van der Waals surface area contributed by atoms with Crippen LogP contribution in [-0.4, -0.2) is 45.6 Å². The molecule has 0 spiro atoms. The molecule has 0 saturated carbocycles. The SMILES string of the molecule is O=C1c2ccccc2C(=O)N1CC(=O)N1CCCC1c1ccncc1. The third-order valence-electron chi connectivity index (χ3n) is 4.84. The molecule has 0 bridgehead atoms. The number of carbonyl (C=O) groups excluding carboxylic acids is 3. The number of imide groups is 1. The number of pyridine rings is 1. The van der Waals surface area contributed by atoms with Crippen LogP contribution in [0.2, 0.25) is 0 Å². The van der Waals surface area contributed by atoms with Crippen molar-refractivity contribution in [1.29, 1.82) is 0 Å². The summed E-state index contributed by atoms with van der Waals surface area (Å²) >= 11 is 0. The second-order valence-corrected chi connectivity index (χ2v) is 6.27. The number of carbonyl (C=O) groups is 3. The zero-order valence-corrected chi connectivity index (χ0v) is 13.6. The van der Waals surface area contributed by atoms with Gasteiger partial charge in [-0.2, -0.15) is 0 Å². The first-order valence-electron chi connectivity index (χ1n) is 8.31. The van der Waals surface area contributed by atoms with Crippen LogP contribution >= 0.6 is 0 Å². The number of likely N-dealkylation sites (tertiary alicyclic amines) is 1. The van der Waals surface area contributed by atoms with E-state index < -0.39 is 11.8 Å². The van der Waals surface area contributed by atoms with E-state index in [4.69, 9.17) is 0 Å². The summed E-state index contributed by atoms with van der Waals surface area (Å²) in [6, 6.07) is 10.5. The largest absolute Gasteiger partial charge is 0.334 e. The number of rotatable bonds is 3. The molecule has 1 saturated heterocycles. The zero-order chi connectivity index (χ0) is 17.4. The average molecular weight is 335 g/mol. The molecule has 1 fully saturated rings. The lowest BCUT2D eigenvalue weighted by atomic mass is 10.1. The molecule has 0 N–H and O–H groups in total. The van der Waals surface area contributed by atoms with Crippen molar-refractivity contribution >= 4 is 17.7 Å². The summed E-state index contributed by atoms with van der Waals surface area (Å²) in [5, 5.41) is 0. The topological polar surface area (TPSA) is 70.6 Å². The number of benzene rings is 1. The normalized spacial score (nSPS) is 19.4. The molecule has 126 valence electrons. The molecule has 1 aromatic heterocycles. The van der Waals surface area contributed by atoms with Crippen molar-refractivity contribution in [2.45, 2.75) is 18.9 Å². The van der Waals surface area contributed by atoms with Gasteiger partial charge >= 0.3 is 0 Å². The lowest BCUT2D eigenvalue weighted by Crippen LogP contribution is -2.42. The van der Waals surface area contributed by atoms with Gasteiger partial charge in [0.1, 0.15) is 6.54 Å². The number of hydrogen-bond acceptors (Lipinski definition) is 4. The van der Waals surface area contributed by atoms with Crippen molar-refractivity contribution in [2.24, 2.45) is 0 Å². The number of nitrogens with zero attached hydrogens (tertiary/aromatic N) is 3. The Morgan fingerprint density at radius 3 is 2.32 bits per heavy atom. The van der Waals surface area contributed by atoms with Gasteiger partial charge in [0.2, 0.25) is 5.91 Å².